The van der Waals surface area contributed by atoms with Crippen LogP contribution in [-0.4, -0.2) is 40.9 Å². The van der Waals surface area contributed by atoms with Gasteiger partial charge in [-0.3, -0.25) is 9.59 Å². The van der Waals surface area contributed by atoms with E-state index in [0.29, 0.717) is 18.4 Å². The molecule has 2 aliphatic carbocycles. The van der Waals surface area contributed by atoms with Crippen LogP contribution in [0.4, 0.5) is 5.82 Å². The molecule has 164 valence electrons. The molecule has 4 rings (SSSR count). The fraction of sp³-hybridized carbons (Fsp3) is 0.429. The first-order valence-electron chi connectivity index (χ1n) is 10.3. The number of nitrogens with zero attached hydrogens (tertiary/aromatic N) is 3. The number of rotatable bonds is 7. The summed E-state index contributed by atoms with van der Waals surface area (Å²) in [5.74, 6) is -0.379. The van der Waals surface area contributed by atoms with Gasteiger partial charge in [0.15, 0.2) is 15.5 Å². The lowest BCUT2D eigenvalue weighted by Crippen LogP contribution is -2.27. The number of benzene rings is 1. The van der Waals surface area contributed by atoms with E-state index in [1.807, 2.05) is 0 Å². The van der Waals surface area contributed by atoms with Gasteiger partial charge in [-0.25, -0.2) is 13.4 Å². The number of anilines is 1. The first-order valence-corrected chi connectivity index (χ1v) is 11.8. The lowest BCUT2D eigenvalue weighted by atomic mass is 10.1. The summed E-state index contributed by atoms with van der Waals surface area (Å²) in [5, 5.41) is 6.42. The van der Waals surface area contributed by atoms with Crippen LogP contribution in [0.3, 0.4) is 0 Å². The first-order chi connectivity index (χ1) is 14.8. The molecule has 2 saturated carbocycles. The van der Waals surface area contributed by atoms with E-state index in [0.717, 1.165) is 31.9 Å². The van der Waals surface area contributed by atoms with Gasteiger partial charge in [-0.2, -0.15) is 0 Å². The minimum absolute atomic E-state index is 0.0120. The second kappa shape index (κ2) is 8.62. The SMILES string of the molecule is Cn1cc(NC(=O)C(=NOC2CCCC2)c2ccc(S(=O)(=O)C3CC3)cc2)ncc1=O. The second-order valence-electron chi connectivity index (χ2n) is 7.90. The van der Waals surface area contributed by atoms with Crippen LogP contribution in [-0.2, 0) is 26.5 Å². The minimum atomic E-state index is -3.33. The third-order valence-electron chi connectivity index (χ3n) is 5.45. The normalized spacial score (nSPS) is 17.5. The number of amides is 1. The van der Waals surface area contributed by atoms with Crippen LogP contribution in [0.15, 0.2) is 51.5 Å². The molecule has 2 aromatic rings. The molecule has 10 heteroatoms. The summed E-state index contributed by atoms with van der Waals surface area (Å²) in [4.78, 5) is 34.2. The van der Waals surface area contributed by atoms with Crippen LogP contribution >= 0.6 is 0 Å². The Kier molecular flexibility index (Phi) is 5.90. The molecule has 1 aromatic heterocycles. The predicted octanol–water partition coefficient (Wildman–Crippen LogP) is 2.02. The van der Waals surface area contributed by atoms with Crippen LogP contribution in [0, 0.1) is 0 Å². The summed E-state index contributed by atoms with van der Waals surface area (Å²) in [5.41, 5.74) is 0.136. The van der Waals surface area contributed by atoms with Crippen molar-refractivity contribution in [1.29, 1.82) is 0 Å². The number of sulfone groups is 1. The van der Waals surface area contributed by atoms with Gasteiger partial charge in [-0.1, -0.05) is 17.3 Å². The molecule has 9 nitrogen and oxygen atoms in total. The zero-order chi connectivity index (χ0) is 22.0. The summed E-state index contributed by atoms with van der Waals surface area (Å²) in [6.07, 6.45) is 7.68. The van der Waals surface area contributed by atoms with Gasteiger partial charge in [0.2, 0.25) is 0 Å². The Balaban J connectivity index is 1.60. The monoisotopic (exact) mass is 444 g/mol. The molecule has 0 bridgehead atoms. The maximum atomic E-state index is 12.9. The third-order valence-corrected chi connectivity index (χ3v) is 7.73. The van der Waals surface area contributed by atoms with E-state index in [4.69, 9.17) is 4.84 Å². The van der Waals surface area contributed by atoms with Gasteiger partial charge in [0.1, 0.15) is 11.9 Å². The fourth-order valence-corrected chi connectivity index (χ4v) is 5.11. The summed E-state index contributed by atoms with van der Waals surface area (Å²) in [6, 6.07) is 6.09. The summed E-state index contributed by atoms with van der Waals surface area (Å²) in [7, 11) is -1.77. The van der Waals surface area contributed by atoms with Crippen LogP contribution in [0.2, 0.25) is 0 Å². The smallest absolute Gasteiger partial charge is 0.279 e. The average Bonchev–Trinajstić information content (AvgIpc) is 3.49. The molecular formula is C21H24N4O5S. The molecule has 1 aromatic carbocycles. The molecule has 0 radical (unpaired) electrons. The van der Waals surface area contributed by atoms with E-state index >= 15 is 0 Å². The highest BCUT2D eigenvalue weighted by molar-refractivity contribution is 7.92. The van der Waals surface area contributed by atoms with Crippen molar-refractivity contribution >= 4 is 27.3 Å². The highest BCUT2D eigenvalue weighted by Gasteiger charge is 2.36. The zero-order valence-electron chi connectivity index (χ0n) is 17.2. The molecular weight excluding hydrogens is 420 g/mol. The summed E-state index contributed by atoms with van der Waals surface area (Å²) in [6.45, 7) is 0. The molecule has 0 atom stereocenters. The predicted molar refractivity (Wildman–Crippen MR) is 115 cm³/mol. The van der Waals surface area contributed by atoms with Gasteiger partial charge < -0.3 is 14.7 Å². The van der Waals surface area contributed by atoms with Crippen LogP contribution in [0.25, 0.3) is 0 Å². The maximum Gasteiger partial charge on any atom is 0.279 e. The van der Waals surface area contributed by atoms with E-state index in [-0.39, 0.29) is 33.3 Å². The highest BCUT2D eigenvalue weighted by atomic mass is 32.2. The largest absolute Gasteiger partial charge is 0.392 e. The molecule has 1 amide bonds. The number of aryl methyl sites for hydroxylation is 1. The average molecular weight is 445 g/mol. The van der Waals surface area contributed by atoms with Crippen LogP contribution in [0.5, 0.6) is 0 Å². The van der Waals surface area contributed by atoms with E-state index in [1.165, 1.54) is 22.9 Å². The van der Waals surface area contributed by atoms with E-state index in [1.54, 1.807) is 19.2 Å². The number of carbonyl (C=O) groups is 1. The van der Waals surface area contributed by atoms with Crippen LogP contribution < -0.4 is 10.9 Å². The van der Waals surface area contributed by atoms with Crippen molar-refractivity contribution in [1.82, 2.24) is 9.55 Å². The lowest BCUT2D eigenvalue weighted by Gasteiger charge is -2.12. The molecule has 0 unspecified atom stereocenters. The molecule has 1 heterocycles. The Hall–Kier alpha value is -3.01. The topological polar surface area (TPSA) is 120 Å². The minimum Gasteiger partial charge on any atom is -0.392 e. The number of hydrogen-bond donors (Lipinski definition) is 1. The van der Waals surface area contributed by atoms with E-state index < -0.39 is 15.7 Å². The van der Waals surface area contributed by atoms with Gasteiger partial charge in [0.05, 0.1) is 16.3 Å². The molecule has 2 aliphatic rings. The molecule has 2 fully saturated rings. The second-order valence-corrected chi connectivity index (χ2v) is 10.1. The third kappa shape index (κ3) is 4.84. The van der Waals surface area contributed by atoms with Crippen molar-refractivity contribution in [3.8, 4) is 0 Å². The van der Waals surface area contributed by atoms with Gasteiger partial charge in [-0.05, 0) is 50.7 Å². The Bertz CT molecular complexity index is 1160. The number of oxime groups is 1. The molecule has 0 saturated heterocycles. The van der Waals surface area contributed by atoms with Gasteiger partial charge >= 0.3 is 0 Å². The van der Waals surface area contributed by atoms with E-state index in [2.05, 4.69) is 15.5 Å². The van der Waals surface area contributed by atoms with Gasteiger partial charge in [0.25, 0.3) is 11.5 Å². The molecule has 0 spiro atoms. The molecule has 31 heavy (non-hydrogen) atoms. The van der Waals surface area contributed by atoms with Gasteiger partial charge in [0, 0.05) is 18.8 Å². The highest BCUT2D eigenvalue weighted by Crippen LogP contribution is 2.33. The van der Waals surface area contributed by atoms with Crippen molar-refractivity contribution in [2.24, 2.45) is 12.2 Å². The van der Waals surface area contributed by atoms with E-state index in [9.17, 15) is 18.0 Å². The summed E-state index contributed by atoms with van der Waals surface area (Å²) >= 11 is 0. The Labute approximate surface area is 180 Å². The van der Waals surface area contributed by atoms with Crippen molar-refractivity contribution in [3.05, 3.63) is 52.6 Å². The standard InChI is InChI=1S/C21H24N4O5S/c1-25-13-18(22-12-19(25)26)23-21(27)20(24-30-15-4-2-3-5-15)14-6-8-16(9-7-14)31(28,29)17-10-11-17/h6-9,12-13,15,17H,2-5,10-11H2,1H3,(H,23,27). The first kappa shape index (κ1) is 21.2. The zero-order valence-corrected chi connectivity index (χ0v) is 18.0. The van der Waals surface area contributed by atoms with Crippen molar-refractivity contribution < 1.29 is 18.0 Å². The molecule has 0 aliphatic heterocycles. The van der Waals surface area contributed by atoms with Crippen LogP contribution in [0.1, 0.15) is 44.1 Å². The number of hydrogen-bond acceptors (Lipinski definition) is 7. The van der Waals surface area contributed by atoms with Gasteiger partial charge in [-0.15, -0.1) is 0 Å². The number of carbonyl (C=O) groups excluding carboxylic acids is 1. The fourth-order valence-electron chi connectivity index (χ4n) is 3.46. The van der Waals surface area contributed by atoms with Crippen molar-refractivity contribution in [3.63, 3.8) is 0 Å². The Morgan fingerprint density at radius 1 is 1.16 bits per heavy atom. The summed E-state index contributed by atoms with van der Waals surface area (Å²) < 4.78 is 26.2. The number of nitrogens with one attached hydrogen (secondary N) is 1. The maximum absolute atomic E-state index is 12.9. The van der Waals surface area contributed by atoms with Crippen molar-refractivity contribution in [2.45, 2.75) is 54.8 Å². The Morgan fingerprint density at radius 3 is 2.45 bits per heavy atom. The number of aromatic nitrogens is 2. The quantitative estimate of drug-likeness (QED) is 0.515. The van der Waals surface area contributed by atoms with Crippen molar-refractivity contribution in [2.75, 3.05) is 5.32 Å². The Morgan fingerprint density at radius 2 is 1.84 bits per heavy atom. The lowest BCUT2D eigenvalue weighted by molar-refractivity contribution is -0.110. The molecule has 1 N–H and O–H groups in total.